The van der Waals surface area contributed by atoms with Crippen LogP contribution in [0.1, 0.15) is 18.4 Å². The molecule has 0 aliphatic carbocycles. The number of halogens is 3. The van der Waals surface area contributed by atoms with Crippen LogP contribution in [0.15, 0.2) is 18.2 Å². The summed E-state index contributed by atoms with van der Waals surface area (Å²) in [6, 6.07) is 5.06. The molecule has 1 heterocycles. The third-order valence-corrected chi connectivity index (χ3v) is 3.65. The molecule has 88 valence electrons. The molecule has 0 amide bonds. The average molecular weight is 262 g/mol. The average Bonchev–Trinajstić information content (AvgIpc) is 2.71. The Balaban J connectivity index is 2.11. The zero-order valence-corrected chi connectivity index (χ0v) is 10.4. The predicted molar refractivity (Wildman–Crippen MR) is 65.6 cm³/mol. The quantitative estimate of drug-likeness (QED) is 0.751. The third-order valence-electron chi connectivity index (χ3n) is 3.06. The molecule has 1 fully saturated rings. The molecule has 0 N–H and O–H groups in total. The summed E-state index contributed by atoms with van der Waals surface area (Å²) >= 11 is 11.7. The van der Waals surface area contributed by atoms with Gasteiger partial charge in [0.15, 0.2) is 0 Å². The van der Waals surface area contributed by atoms with E-state index in [1.54, 1.807) is 12.1 Å². The fourth-order valence-electron chi connectivity index (χ4n) is 2.16. The number of nitrogens with zero attached hydrogens (tertiary/aromatic N) is 1. The molecule has 1 aliphatic rings. The number of likely N-dealkylation sites (tertiary alicyclic amines) is 1. The van der Waals surface area contributed by atoms with E-state index in [0.29, 0.717) is 29.1 Å². The van der Waals surface area contributed by atoms with Gasteiger partial charge < -0.3 is 0 Å². The van der Waals surface area contributed by atoms with Crippen molar-refractivity contribution < 1.29 is 4.39 Å². The number of benzene rings is 1. The Morgan fingerprint density at radius 2 is 2.25 bits per heavy atom. The zero-order valence-electron chi connectivity index (χ0n) is 8.93. The van der Waals surface area contributed by atoms with Crippen molar-refractivity contribution in [2.45, 2.75) is 25.4 Å². The molecule has 2 rings (SSSR count). The summed E-state index contributed by atoms with van der Waals surface area (Å²) < 4.78 is 13.5. The van der Waals surface area contributed by atoms with Crippen LogP contribution in [0, 0.1) is 5.82 Å². The van der Waals surface area contributed by atoms with Crippen LogP contribution in [0.2, 0.25) is 5.02 Å². The number of hydrogen-bond donors (Lipinski definition) is 0. The first-order valence-corrected chi connectivity index (χ1v) is 6.36. The van der Waals surface area contributed by atoms with E-state index in [4.69, 9.17) is 23.2 Å². The molecule has 1 aliphatic heterocycles. The normalized spacial score (nSPS) is 21.6. The Bertz CT molecular complexity index is 370. The highest BCUT2D eigenvalue weighted by atomic mass is 35.5. The van der Waals surface area contributed by atoms with E-state index in [0.717, 1.165) is 19.4 Å². The third kappa shape index (κ3) is 2.68. The lowest BCUT2D eigenvalue weighted by atomic mass is 10.2. The van der Waals surface area contributed by atoms with E-state index in [-0.39, 0.29) is 5.82 Å². The minimum Gasteiger partial charge on any atom is -0.295 e. The van der Waals surface area contributed by atoms with Gasteiger partial charge in [0.25, 0.3) is 0 Å². The molecule has 1 aromatic rings. The van der Waals surface area contributed by atoms with Crippen molar-refractivity contribution in [1.82, 2.24) is 4.90 Å². The summed E-state index contributed by atoms with van der Waals surface area (Å²) in [5.74, 6) is 0.423. The van der Waals surface area contributed by atoms with Gasteiger partial charge in [-0.3, -0.25) is 4.90 Å². The molecular weight excluding hydrogens is 248 g/mol. The van der Waals surface area contributed by atoms with Gasteiger partial charge in [0.1, 0.15) is 5.82 Å². The van der Waals surface area contributed by atoms with Crippen molar-refractivity contribution in [3.63, 3.8) is 0 Å². The second-order valence-electron chi connectivity index (χ2n) is 4.16. The molecule has 0 saturated carbocycles. The summed E-state index contributed by atoms with van der Waals surface area (Å²) in [6.07, 6.45) is 2.24. The highest BCUT2D eigenvalue weighted by molar-refractivity contribution is 6.30. The van der Waals surface area contributed by atoms with Crippen LogP contribution in [0.4, 0.5) is 4.39 Å². The number of hydrogen-bond acceptors (Lipinski definition) is 1. The SMILES string of the molecule is Fc1ccc(Cl)cc1CN1CCCC1CCl. The Labute approximate surface area is 105 Å². The van der Waals surface area contributed by atoms with Crippen LogP contribution in [0.5, 0.6) is 0 Å². The van der Waals surface area contributed by atoms with Gasteiger partial charge in [0.05, 0.1) is 0 Å². The number of rotatable bonds is 3. The van der Waals surface area contributed by atoms with Crippen molar-refractivity contribution in [2.75, 3.05) is 12.4 Å². The Kier molecular flexibility index (Phi) is 4.06. The van der Waals surface area contributed by atoms with Crippen molar-refractivity contribution in [3.8, 4) is 0 Å². The highest BCUT2D eigenvalue weighted by Gasteiger charge is 2.24. The number of alkyl halides is 1. The monoisotopic (exact) mass is 261 g/mol. The summed E-state index contributed by atoms with van der Waals surface area (Å²) in [4.78, 5) is 2.22. The lowest BCUT2D eigenvalue weighted by molar-refractivity contribution is 0.259. The lowest BCUT2D eigenvalue weighted by Gasteiger charge is -2.22. The zero-order chi connectivity index (χ0) is 11.5. The molecule has 1 nitrogen and oxygen atoms in total. The van der Waals surface area contributed by atoms with Gasteiger partial charge in [0, 0.05) is 29.1 Å². The van der Waals surface area contributed by atoms with Crippen molar-refractivity contribution in [3.05, 3.63) is 34.6 Å². The summed E-state index contributed by atoms with van der Waals surface area (Å²) in [6.45, 7) is 1.59. The van der Waals surface area contributed by atoms with E-state index in [9.17, 15) is 4.39 Å². The molecule has 1 aromatic carbocycles. The molecule has 0 radical (unpaired) electrons. The smallest absolute Gasteiger partial charge is 0.127 e. The first kappa shape index (κ1) is 12.2. The highest BCUT2D eigenvalue weighted by Crippen LogP contribution is 2.23. The van der Waals surface area contributed by atoms with Crippen LogP contribution < -0.4 is 0 Å². The van der Waals surface area contributed by atoms with Crippen LogP contribution in [-0.4, -0.2) is 23.4 Å². The second kappa shape index (κ2) is 5.35. The van der Waals surface area contributed by atoms with Gasteiger partial charge in [-0.15, -0.1) is 11.6 Å². The fourth-order valence-corrected chi connectivity index (χ4v) is 2.71. The minimum absolute atomic E-state index is 0.190. The first-order valence-electron chi connectivity index (χ1n) is 5.44. The van der Waals surface area contributed by atoms with Crippen molar-refractivity contribution in [2.24, 2.45) is 0 Å². The van der Waals surface area contributed by atoms with Crippen molar-refractivity contribution >= 4 is 23.2 Å². The predicted octanol–water partition coefficient (Wildman–Crippen LogP) is 3.68. The molecule has 1 atom stereocenters. The second-order valence-corrected chi connectivity index (χ2v) is 4.90. The molecule has 1 saturated heterocycles. The van der Waals surface area contributed by atoms with E-state index in [1.165, 1.54) is 6.07 Å². The maximum absolute atomic E-state index is 13.5. The molecule has 4 heteroatoms. The first-order chi connectivity index (χ1) is 7.70. The van der Waals surface area contributed by atoms with E-state index < -0.39 is 0 Å². The van der Waals surface area contributed by atoms with Crippen LogP contribution in [-0.2, 0) is 6.54 Å². The van der Waals surface area contributed by atoms with Gasteiger partial charge in [-0.2, -0.15) is 0 Å². The summed E-state index contributed by atoms with van der Waals surface area (Å²) in [5.41, 5.74) is 0.657. The van der Waals surface area contributed by atoms with E-state index in [1.807, 2.05) is 0 Å². The van der Waals surface area contributed by atoms with Gasteiger partial charge >= 0.3 is 0 Å². The Morgan fingerprint density at radius 3 is 3.00 bits per heavy atom. The summed E-state index contributed by atoms with van der Waals surface area (Å²) in [5, 5.41) is 0.582. The van der Waals surface area contributed by atoms with Gasteiger partial charge in [-0.25, -0.2) is 4.39 Å². The molecule has 16 heavy (non-hydrogen) atoms. The van der Waals surface area contributed by atoms with Gasteiger partial charge in [-0.05, 0) is 37.6 Å². The van der Waals surface area contributed by atoms with Gasteiger partial charge in [-0.1, -0.05) is 11.6 Å². The molecule has 0 spiro atoms. The topological polar surface area (TPSA) is 3.24 Å². The van der Waals surface area contributed by atoms with Crippen LogP contribution >= 0.6 is 23.2 Å². The fraction of sp³-hybridized carbons (Fsp3) is 0.500. The van der Waals surface area contributed by atoms with Crippen molar-refractivity contribution in [1.29, 1.82) is 0 Å². The molecular formula is C12H14Cl2FN. The van der Waals surface area contributed by atoms with Crippen LogP contribution in [0.3, 0.4) is 0 Å². The standard InChI is InChI=1S/C12H14Cl2FN/c13-7-11-2-1-5-16(11)8-9-6-10(14)3-4-12(9)15/h3-4,6,11H,1-2,5,7-8H2. The van der Waals surface area contributed by atoms with Crippen LogP contribution in [0.25, 0.3) is 0 Å². The van der Waals surface area contributed by atoms with Gasteiger partial charge in [0.2, 0.25) is 0 Å². The largest absolute Gasteiger partial charge is 0.295 e. The maximum atomic E-state index is 13.5. The summed E-state index contributed by atoms with van der Waals surface area (Å²) in [7, 11) is 0. The minimum atomic E-state index is -0.190. The Morgan fingerprint density at radius 1 is 1.44 bits per heavy atom. The maximum Gasteiger partial charge on any atom is 0.127 e. The Hall–Kier alpha value is -0.310. The molecule has 0 aromatic heterocycles. The lowest BCUT2D eigenvalue weighted by Crippen LogP contribution is -2.30. The van der Waals surface area contributed by atoms with E-state index in [2.05, 4.69) is 4.90 Å². The molecule has 1 unspecified atom stereocenters. The van der Waals surface area contributed by atoms with E-state index >= 15 is 0 Å². The molecule has 0 bridgehead atoms.